The van der Waals surface area contributed by atoms with E-state index in [9.17, 15) is 0 Å². The van der Waals surface area contributed by atoms with E-state index in [2.05, 4.69) is 27.8 Å². The Hall–Kier alpha value is -0.610. The first-order valence-corrected chi connectivity index (χ1v) is 11.5. The van der Waals surface area contributed by atoms with Crippen molar-refractivity contribution < 1.29 is 14.2 Å². The van der Waals surface area contributed by atoms with Gasteiger partial charge < -0.3 is 24.8 Å². The Morgan fingerprint density at radius 1 is 1.16 bits per heavy atom. The van der Waals surface area contributed by atoms with Gasteiger partial charge in [0.15, 0.2) is 5.96 Å². The van der Waals surface area contributed by atoms with E-state index in [-0.39, 0.29) is 29.4 Å². The van der Waals surface area contributed by atoms with E-state index in [4.69, 9.17) is 25.8 Å². The lowest BCUT2D eigenvalue weighted by Gasteiger charge is -2.38. The summed E-state index contributed by atoms with van der Waals surface area (Å²) in [4.78, 5) is 4.39. The Bertz CT molecular complexity index is 665. The number of nitrogens with one attached hydrogen (secondary N) is 2. The summed E-state index contributed by atoms with van der Waals surface area (Å²) in [6.07, 6.45) is 5.13. The summed E-state index contributed by atoms with van der Waals surface area (Å²) in [7, 11) is 1.81. The minimum Gasteiger partial charge on any atom is -0.381 e. The van der Waals surface area contributed by atoms with Crippen molar-refractivity contribution in [3.05, 3.63) is 34.9 Å². The summed E-state index contributed by atoms with van der Waals surface area (Å²) in [6.45, 7) is 6.54. The molecule has 0 saturated carbocycles. The molecule has 0 aliphatic carbocycles. The second-order valence-corrected chi connectivity index (χ2v) is 8.68. The van der Waals surface area contributed by atoms with Crippen molar-refractivity contribution in [3.63, 3.8) is 0 Å². The fraction of sp³-hybridized carbons (Fsp3) is 0.696. The van der Waals surface area contributed by atoms with Crippen LogP contribution in [0.1, 0.15) is 37.7 Å². The molecule has 0 bridgehead atoms. The number of benzene rings is 1. The van der Waals surface area contributed by atoms with E-state index in [1.54, 1.807) is 0 Å². The van der Waals surface area contributed by atoms with Crippen LogP contribution in [-0.4, -0.2) is 65.7 Å². The molecule has 0 atom stereocenters. The van der Waals surface area contributed by atoms with Gasteiger partial charge >= 0.3 is 0 Å². The molecule has 0 radical (unpaired) electrons. The van der Waals surface area contributed by atoms with Crippen molar-refractivity contribution in [3.8, 4) is 0 Å². The Morgan fingerprint density at radius 3 is 2.61 bits per heavy atom. The standard InChI is InChI=1S/C23H36ClN3O3.HI/c1-25-22(26-10-3-11-30-17-19-6-12-28-13-7-19)27-18-23(8-14-29-15-9-23)20-4-2-5-21(24)16-20;/h2,4-5,16,19H,3,6-15,17-18H2,1H3,(H2,25,26,27);1H. The molecular formula is C23H37ClIN3O3. The molecular weight excluding hydrogens is 529 g/mol. The predicted octanol–water partition coefficient (Wildman–Crippen LogP) is 4.00. The van der Waals surface area contributed by atoms with Crippen molar-refractivity contribution in [2.45, 2.75) is 37.5 Å². The van der Waals surface area contributed by atoms with Crippen molar-refractivity contribution in [2.75, 3.05) is 59.8 Å². The minimum atomic E-state index is 0. The zero-order chi connectivity index (χ0) is 21.1. The van der Waals surface area contributed by atoms with E-state index in [0.29, 0.717) is 5.92 Å². The van der Waals surface area contributed by atoms with Gasteiger partial charge in [-0.05, 0) is 55.7 Å². The third-order valence-corrected chi connectivity index (χ3v) is 6.39. The molecule has 3 rings (SSSR count). The molecule has 2 N–H and O–H groups in total. The SMILES string of the molecule is CN=C(NCCCOCC1CCOCC1)NCC1(c2cccc(Cl)c2)CCOCC1.I. The number of aliphatic imine (C=N–C) groups is 1. The van der Waals surface area contributed by atoms with Crippen molar-refractivity contribution in [1.29, 1.82) is 0 Å². The Morgan fingerprint density at radius 2 is 1.90 bits per heavy atom. The first-order chi connectivity index (χ1) is 14.7. The third-order valence-electron chi connectivity index (χ3n) is 6.16. The highest BCUT2D eigenvalue weighted by Crippen LogP contribution is 2.35. The number of hydrogen-bond acceptors (Lipinski definition) is 4. The van der Waals surface area contributed by atoms with Crippen LogP contribution in [0, 0.1) is 5.92 Å². The van der Waals surface area contributed by atoms with Crippen LogP contribution in [0.3, 0.4) is 0 Å². The predicted molar refractivity (Wildman–Crippen MR) is 137 cm³/mol. The molecule has 2 aliphatic heterocycles. The average molecular weight is 566 g/mol. The molecule has 2 heterocycles. The molecule has 0 amide bonds. The molecule has 176 valence electrons. The van der Waals surface area contributed by atoms with Gasteiger partial charge in [-0.15, -0.1) is 24.0 Å². The van der Waals surface area contributed by atoms with Gasteiger partial charge in [-0.1, -0.05) is 23.7 Å². The molecule has 2 fully saturated rings. The molecule has 0 aromatic heterocycles. The number of hydrogen-bond donors (Lipinski definition) is 2. The monoisotopic (exact) mass is 565 g/mol. The molecule has 0 unspecified atom stereocenters. The quantitative estimate of drug-likeness (QED) is 0.205. The van der Waals surface area contributed by atoms with Gasteiger partial charge in [-0.2, -0.15) is 0 Å². The summed E-state index contributed by atoms with van der Waals surface area (Å²) in [5, 5.41) is 7.71. The zero-order valence-electron chi connectivity index (χ0n) is 18.5. The van der Waals surface area contributed by atoms with Crippen LogP contribution in [0.5, 0.6) is 0 Å². The maximum atomic E-state index is 6.27. The Labute approximate surface area is 208 Å². The Balaban J connectivity index is 0.00000341. The fourth-order valence-electron chi connectivity index (χ4n) is 4.17. The summed E-state index contributed by atoms with van der Waals surface area (Å²) < 4.78 is 16.9. The second kappa shape index (κ2) is 14.5. The highest BCUT2D eigenvalue weighted by atomic mass is 127. The molecule has 2 aliphatic rings. The van der Waals surface area contributed by atoms with E-state index < -0.39 is 0 Å². The summed E-state index contributed by atoms with van der Waals surface area (Å²) in [5.41, 5.74) is 1.27. The molecule has 6 nitrogen and oxygen atoms in total. The Kier molecular flexibility index (Phi) is 12.5. The van der Waals surface area contributed by atoms with E-state index in [1.807, 2.05) is 19.2 Å². The number of guanidine groups is 1. The second-order valence-electron chi connectivity index (χ2n) is 8.24. The molecule has 1 aromatic carbocycles. The van der Waals surface area contributed by atoms with Crippen LogP contribution in [0.4, 0.5) is 0 Å². The van der Waals surface area contributed by atoms with Crippen LogP contribution < -0.4 is 10.6 Å². The van der Waals surface area contributed by atoms with Gasteiger partial charge in [0.2, 0.25) is 0 Å². The van der Waals surface area contributed by atoms with E-state index >= 15 is 0 Å². The number of halogens is 2. The van der Waals surface area contributed by atoms with E-state index in [0.717, 1.165) is 95.8 Å². The highest BCUT2D eigenvalue weighted by molar-refractivity contribution is 14.0. The highest BCUT2D eigenvalue weighted by Gasteiger charge is 2.34. The summed E-state index contributed by atoms with van der Waals surface area (Å²) in [6, 6.07) is 8.21. The van der Waals surface area contributed by atoms with Crippen LogP contribution in [-0.2, 0) is 19.6 Å². The molecule has 1 aromatic rings. The van der Waals surface area contributed by atoms with Gasteiger partial charge in [-0.3, -0.25) is 4.99 Å². The number of ether oxygens (including phenoxy) is 3. The van der Waals surface area contributed by atoms with Crippen LogP contribution in [0.25, 0.3) is 0 Å². The molecule has 0 spiro atoms. The zero-order valence-corrected chi connectivity index (χ0v) is 21.6. The van der Waals surface area contributed by atoms with Crippen molar-refractivity contribution >= 4 is 41.5 Å². The van der Waals surface area contributed by atoms with Gasteiger partial charge in [0, 0.05) is 70.2 Å². The normalized spacial score (nSPS) is 19.5. The van der Waals surface area contributed by atoms with Crippen molar-refractivity contribution in [2.24, 2.45) is 10.9 Å². The maximum absolute atomic E-state index is 6.27. The lowest BCUT2D eigenvalue weighted by molar-refractivity contribution is 0.0203. The third kappa shape index (κ3) is 8.68. The van der Waals surface area contributed by atoms with Gasteiger partial charge in [0.1, 0.15) is 0 Å². The minimum absolute atomic E-state index is 0. The average Bonchev–Trinajstić information content (AvgIpc) is 2.79. The van der Waals surface area contributed by atoms with Gasteiger partial charge in [0.05, 0.1) is 0 Å². The maximum Gasteiger partial charge on any atom is 0.191 e. The van der Waals surface area contributed by atoms with Crippen LogP contribution >= 0.6 is 35.6 Å². The fourth-order valence-corrected chi connectivity index (χ4v) is 4.36. The summed E-state index contributed by atoms with van der Waals surface area (Å²) >= 11 is 6.27. The number of nitrogens with zero attached hydrogens (tertiary/aromatic N) is 1. The lowest BCUT2D eigenvalue weighted by atomic mass is 9.74. The van der Waals surface area contributed by atoms with Crippen LogP contribution in [0.2, 0.25) is 5.02 Å². The summed E-state index contributed by atoms with van der Waals surface area (Å²) in [5.74, 6) is 1.48. The molecule has 31 heavy (non-hydrogen) atoms. The van der Waals surface area contributed by atoms with Crippen molar-refractivity contribution in [1.82, 2.24) is 10.6 Å². The molecule has 2 saturated heterocycles. The number of rotatable bonds is 9. The first kappa shape index (κ1) is 26.6. The van der Waals surface area contributed by atoms with Gasteiger partial charge in [0.25, 0.3) is 0 Å². The first-order valence-electron chi connectivity index (χ1n) is 11.2. The lowest BCUT2D eigenvalue weighted by Crippen LogP contribution is -2.48. The largest absolute Gasteiger partial charge is 0.381 e. The molecule has 8 heteroatoms. The van der Waals surface area contributed by atoms with Gasteiger partial charge in [-0.25, -0.2) is 0 Å². The topological polar surface area (TPSA) is 64.1 Å². The van der Waals surface area contributed by atoms with Crippen LogP contribution in [0.15, 0.2) is 29.3 Å². The smallest absolute Gasteiger partial charge is 0.191 e. The van der Waals surface area contributed by atoms with E-state index in [1.165, 1.54) is 5.56 Å².